The molecule has 1 aromatic heterocycles. The van der Waals surface area contributed by atoms with Crippen LogP contribution in [-0.2, 0) is 11.2 Å². The van der Waals surface area contributed by atoms with E-state index in [0.717, 1.165) is 6.42 Å². The van der Waals surface area contributed by atoms with E-state index in [1.165, 1.54) is 5.56 Å². The number of morpholine rings is 1. The number of rotatable bonds is 3. The normalized spacial score (nSPS) is 22.3. The molecule has 2 rings (SSSR count). The van der Waals surface area contributed by atoms with E-state index in [0.29, 0.717) is 19.6 Å². The Morgan fingerprint density at radius 1 is 1.63 bits per heavy atom. The van der Waals surface area contributed by atoms with Gasteiger partial charge in [0.05, 0.1) is 18.2 Å². The minimum Gasteiger partial charge on any atom is -0.369 e. The Labute approximate surface area is 118 Å². The van der Waals surface area contributed by atoms with Crippen LogP contribution in [0.2, 0.25) is 0 Å². The molecule has 1 aliphatic heterocycles. The number of ether oxygens (including phenoxy) is 1. The van der Waals surface area contributed by atoms with Gasteiger partial charge in [-0.05, 0) is 49.6 Å². The van der Waals surface area contributed by atoms with Crippen LogP contribution in [0.4, 0.5) is 4.79 Å². The molecule has 106 valence electrons. The minimum atomic E-state index is -0.262. The molecular weight excluding hydrogens is 260 g/mol. The van der Waals surface area contributed by atoms with Gasteiger partial charge in [0, 0.05) is 13.1 Å². The summed E-state index contributed by atoms with van der Waals surface area (Å²) in [4.78, 5) is 14.0. The van der Waals surface area contributed by atoms with E-state index in [9.17, 15) is 4.79 Å². The highest BCUT2D eigenvalue weighted by Gasteiger charge is 2.33. The highest BCUT2D eigenvalue weighted by atomic mass is 32.1. The molecule has 1 fully saturated rings. The molecule has 1 aromatic rings. The van der Waals surface area contributed by atoms with Gasteiger partial charge in [0.25, 0.3) is 0 Å². The summed E-state index contributed by atoms with van der Waals surface area (Å²) < 4.78 is 5.80. The van der Waals surface area contributed by atoms with Gasteiger partial charge in [-0.25, -0.2) is 4.79 Å². The molecule has 19 heavy (non-hydrogen) atoms. The first-order chi connectivity index (χ1) is 8.96. The lowest BCUT2D eigenvalue weighted by Gasteiger charge is -2.41. The lowest BCUT2D eigenvalue weighted by atomic mass is 10.1. The molecule has 1 N–H and O–H groups in total. The Bertz CT molecular complexity index is 417. The van der Waals surface area contributed by atoms with E-state index < -0.39 is 0 Å². The van der Waals surface area contributed by atoms with Crippen LogP contribution in [0.15, 0.2) is 16.8 Å². The number of carbonyl (C=O) groups is 1. The fourth-order valence-electron chi connectivity index (χ4n) is 2.47. The third-order valence-corrected chi connectivity index (χ3v) is 3.86. The van der Waals surface area contributed by atoms with Crippen molar-refractivity contribution in [1.82, 2.24) is 10.2 Å². The zero-order valence-corrected chi connectivity index (χ0v) is 12.6. The Morgan fingerprint density at radius 2 is 2.42 bits per heavy atom. The van der Waals surface area contributed by atoms with E-state index in [1.807, 2.05) is 25.7 Å². The van der Waals surface area contributed by atoms with Crippen LogP contribution in [0.5, 0.6) is 0 Å². The summed E-state index contributed by atoms with van der Waals surface area (Å²) in [5, 5.41) is 7.16. The van der Waals surface area contributed by atoms with Crippen molar-refractivity contribution in [3.05, 3.63) is 22.4 Å². The van der Waals surface area contributed by atoms with Crippen molar-refractivity contribution >= 4 is 17.4 Å². The van der Waals surface area contributed by atoms with Crippen molar-refractivity contribution in [2.24, 2.45) is 0 Å². The molecule has 0 saturated carbocycles. The average Bonchev–Trinajstić information content (AvgIpc) is 2.79. The number of hydrogen-bond donors (Lipinski definition) is 1. The number of urea groups is 1. The molecule has 1 atom stereocenters. The monoisotopic (exact) mass is 282 g/mol. The maximum atomic E-state index is 12.1. The third-order valence-electron chi connectivity index (χ3n) is 3.13. The van der Waals surface area contributed by atoms with Gasteiger partial charge in [-0.15, -0.1) is 0 Å². The maximum Gasteiger partial charge on any atom is 0.317 e. The number of carbonyl (C=O) groups excluding carboxylic acids is 1. The highest BCUT2D eigenvalue weighted by molar-refractivity contribution is 7.07. The zero-order valence-electron chi connectivity index (χ0n) is 11.8. The Kier molecular flexibility index (Phi) is 4.47. The summed E-state index contributed by atoms with van der Waals surface area (Å²) in [6.45, 7) is 8.03. The second-order valence-corrected chi connectivity index (χ2v) is 6.46. The smallest absolute Gasteiger partial charge is 0.317 e. The number of amides is 2. The summed E-state index contributed by atoms with van der Waals surface area (Å²) in [5.41, 5.74) is 1.02. The van der Waals surface area contributed by atoms with E-state index in [4.69, 9.17) is 4.74 Å². The van der Waals surface area contributed by atoms with E-state index in [-0.39, 0.29) is 17.7 Å². The predicted octanol–water partition coefficient (Wildman–Crippen LogP) is 2.50. The molecule has 4 nitrogen and oxygen atoms in total. The van der Waals surface area contributed by atoms with Gasteiger partial charge in [-0.2, -0.15) is 11.3 Å². The van der Waals surface area contributed by atoms with Crippen molar-refractivity contribution < 1.29 is 9.53 Å². The molecule has 2 heterocycles. The van der Waals surface area contributed by atoms with Crippen LogP contribution in [0.25, 0.3) is 0 Å². The summed E-state index contributed by atoms with van der Waals surface area (Å²) >= 11 is 1.69. The van der Waals surface area contributed by atoms with Crippen LogP contribution in [0.3, 0.4) is 0 Å². The molecule has 0 aromatic carbocycles. The lowest BCUT2D eigenvalue weighted by Crippen LogP contribution is -2.56. The summed E-state index contributed by atoms with van der Waals surface area (Å²) in [5.74, 6) is 0. The topological polar surface area (TPSA) is 41.6 Å². The summed E-state index contributed by atoms with van der Waals surface area (Å²) in [6, 6.07) is 2.11. The second-order valence-electron chi connectivity index (χ2n) is 5.68. The second kappa shape index (κ2) is 5.92. The molecule has 0 bridgehead atoms. The van der Waals surface area contributed by atoms with Gasteiger partial charge in [0.1, 0.15) is 0 Å². The number of thiophene rings is 1. The van der Waals surface area contributed by atoms with E-state index in [2.05, 4.69) is 22.1 Å². The van der Waals surface area contributed by atoms with E-state index in [1.54, 1.807) is 11.3 Å². The Hall–Kier alpha value is -1.07. The number of hydrogen-bond acceptors (Lipinski definition) is 3. The largest absolute Gasteiger partial charge is 0.369 e. The maximum absolute atomic E-state index is 12.1. The molecule has 0 aliphatic carbocycles. The predicted molar refractivity (Wildman–Crippen MR) is 77.6 cm³/mol. The van der Waals surface area contributed by atoms with Gasteiger partial charge in [-0.1, -0.05) is 0 Å². The van der Waals surface area contributed by atoms with Crippen LogP contribution in [-0.4, -0.2) is 42.3 Å². The fraction of sp³-hybridized carbons (Fsp3) is 0.643. The quantitative estimate of drug-likeness (QED) is 0.925. The number of nitrogens with one attached hydrogen (secondary N) is 1. The van der Waals surface area contributed by atoms with Gasteiger partial charge in [0.15, 0.2) is 0 Å². The van der Waals surface area contributed by atoms with Crippen molar-refractivity contribution in [1.29, 1.82) is 0 Å². The molecule has 0 spiro atoms. The van der Waals surface area contributed by atoms with Crippen molar-refractivity contribution in [3.8, 4) is 0 Å². The summed E-state index contributed by atoms with van der Waals surface area (Å²) in [6.07, 6.45) is 0.977. The van der Waals surface area contributed by atoms with E-state index >= 15 is 0 Å². The van der Waals surface area contributed by atoms with Crippen LogP contribution in [0.1, 0.15) is 26.3 Å². The molecule has 0 unspecified atom stereocenters. The van der Waals surface area contributed by atoms with Gasteiger partial charge < -0.3 is 15.0 Å². The number of nitrogens with zero attached hydrogens (tertiary/aromatic N) is 1. The molecule has 0 radical (unpaired) electrons. The standard InChI is InChI=1S/C14H22N2O2S/c1-11-8-16(10-14(2,3)18-11)13(17)15-6-4-12-5-7-19-9-12/h5,7,9,11H,4,6,8,10H2,1-3H3,(H,15,17)/t11-/m1/s1. The van der Waals surface area contributed by atoms with Gasteiger partial charge >= 0.3 is 6.03 Å². The van der Waals surface area contributed by atoms with Crippen LogP contribution >= 0.6 is 11.3 Å². The molecule has 1 aliphatic rings. The fourth-order valence-corrected chi connectivity index (χ4v) is 3.17. The molecular formula is C14H22N2O2S. The van der Waals surface area contributed by atoms with Gasteiger partial charge in [0.2, 0.25) is 0 Å². The highest BCUT2D eigenvalue weighted by Crippen LogP contribution is 2.20. The SMILES string of the molecule is C[C@@H]1CN(C(=O)NCCc2ccsc2)CC(C)(C)O1. The third kappa shape index (κ3) is 4.21. The zero-order chi connectivity index (χ0) is 13.9. The summed E-state index contributed by atoms with van der Waals surface area (Å²) in [7, 11) is 0. The Balaban J connectivity index is 1.79. The molecule has 2 amide bonds. The first kappa shape index (κ1) is 14.3. The lowest BCUT2D eigenvalue weighted by molar-refractivity contribution is -0.117. The average molecular weight is 282 g/mol. The van der Waals surface area contributed by atoms with Crippen molar-refractivity contribution in [3.63, 3.8) is 0 Å². The molecule has 5 heteroatoms. The van der Waals surface area contributed by atoms with Crippen molar-refractivity contribution in [2.45, 2.75) is 38.9 Å². The van der Waals surface area contributed by atoms with Crippen LogP contribution in [0, 0.1) is 0 Å². The first-order valence-corrected chi connectivity index (χ1v) is 7.62. The van der Waals surface area contributed by atoms with Crippen LogP contribution < -0.4 is 5.32 Å². The van der Waals surface area contributed by atoms with Gasteiger partial charge in [-0.3, -0.25) is 0 Å². The molecule has 1 saturated heterocycles. The van der Waals surface area contributed by atoms with Crippen molar-refractivity contribution in [2.75, 3.05) is 19.6 Å². The minimum absolute atomic E-state index is 0.0125. The first-order valence-electron chi connectivity index (χ1n) is 6.68. The Morgan fingerprint density at radius 3 is 3.05 bits per heavy atom.